The van der Waals surface area contributed by atoms with Crippen molar-refractivity contribution in [2.24, 2.45) is 5.92 Å². The predicted molar refractivity (Wildman–Crippen MR) is 74.8 cm³/mol. The molecule has 1 aromatic heterocycles. The van der Waals surface area contributed by atoms with Gasteiger partial charge < -0.3 is 20.8 Å². The molecule has 0 radical (unpaired) electrons. The van der Waals surface area contributed by atoms with Gasteiger partial charge in [-0.15, -0.1) is 0 Å². The van der Waals surface area contributed by atoms with Gasteiger partial charge in [0.15, 0.2) is 5.58 Å². The number of fused-ring (bicyclic) bond motifs is 1. The van der Waals surface area contributed by atoms with Crippen LogP contribution in [0.3, 0.4) is 0 Å². The Balaban J connectivity index is 1.92. The van der Waals surface area contributed by atoms with E-state index in [0.717, 1.165) is 0 Å². The van der Waals surface area contributed by atoms with Crippen LogP contribution in [0.2, 0.25) is 0 Å². The van der Waals surface area contributed by atoms with Gasteiger partial charge in [0.25, 0.3) is 6.01 Å². The Morgan fingerprint density at radius 3 is 3.00 bits per heavy atom. The first-order valence-corrected chi connectivity index (χ1v) is 6.21. The first-order valence-electron chi connectivity index (χ1n) is 6.21. The van der Waals surface area contributed by atoms with Crippen molar-refractivity contribution in [3.8, 4) is 0 Å². The molecule has 0 aliphatic carbocycles. The second-order valence-corrected chi connectivity index (χ2v) is 4.80. The summed E-state index contributed by atoms with van der Waals surface area (Å²) in [5.74, 6) is 0.340. The topological polar surface area (TPSA) is 93.2 Å². The molecule has 2 rings (SSSR count). The number of nitrogens with two attached hydrogens (primary N) is 1. The largest absolute Gasteiger partial charge is 0.423 e. The summed E-state index contributed by atoms with van der Waals surface area (Å²) < 4.78 is 5.44. The Labute approximate surface area is 111 Å². The highest BCUT2D eigenvalue weighted by atomic mass is 16.4. The van der Waals surface area contributed by atoms with Crippen LogP contribution in [0.25, 0.3) is 11.1 Å². The van der Waals surface area contributed by atoms with Gasteiger partial charge in [-0.05, 0) is 18.1 Å². The Kier molecular flexibility index (Phi) is 3.89. The van der Waals surface area contributed by atoms with Crippen molar-refractivity contribution >= 4 is 28.7 Å². The smallest absolute Gasteiger partial charge is 0.296 e. The summed E-state index contributed by atoms with van der Waals surface area (Å²) in [6, 6.07) is 5.55. The molecule has 102 valence electrons. The van der Waals surface area contributed by atoms with E-state index in [1.807, 2.05) is 13.8 Å². The zero-order chi connectivity index (χ0) is 13.8. The highest BCUT2D eigenvalue weighted by molar-refractivity contribution is 5.81. The van der Waals surface area contributed by atoms with E-state index in [0.29, 0.717) is 35.3 Å². The maximum atomic E-state index is 11.5. The quantitative estimate of drug-likeness (QED) is 0.711. The summed E-state index contributed by atoms with van der Waals surface area (Å²) in [6.45, 7) is 4.87. The van der Waals surface area contributed by atoms with Crippen molar-refractivity contribution in [1.82, 2.24) is 10.3 Å². The molecular weight excluding hydrogens is 244 g/mol. The van der Waals surface area contributed by atoms with E-state index >= 15 is 0 Å². The molecule has 0 unspecified atom stereocenters. The maximum Gasteiger partial charge on any atom is 0.296 e. The molecule has 0 saturated heterocycles. The van der Waals surface area contributed by atoms with E-state index in [1.54, 1.807) is 18.2 Å². The number of nitrogens with one attached hydrogen (secondary N) is 2. The van der Waals surface area contributed by atoms with Crippen LogP contribution in [-0.2, 0) is 4.79 Å². The number of amides is 1. The zero-order valence-corrected chi connectivity index (χ0v) is 11.1. The number of benzene rings is 1. The number of nitrogen functional groups attached to an aromatic ring is 1. The van der Waals surface area contributed by atoms with Crippen molar-refractivity contribution < 1.29 is 9.21 Å². The molecule has 0 aliphatic rings. The van der Waals surface area contributed by atoms with E-state index in [1.165, 1.54) is 0 Å². The fourth-order valence-corrected chi connectivity index (χ4v) is 1.55. The lowest BCUT2D eigenvalue weighted by Gasteiger charge is -2.07. The standard InChI is InChI=1S/C13H18N4O2/c1-8(2)6-15-12(18)7-16-13-17-10-4-3-9(14)5-11(10)19-13/h3-5,8H,6-7,14H2,1-2H3,(H,15,18)(H,16,17). The summed E-state index contributed by atoms with van der Waals surface area (Å²) in [5, 5.41) is 5.65. The fraction of sp³-hybridized carbons (Fsp3) is 0.385. The molecule has 1 aromatic carbocycles. The van der Waals surface area contributed by atoms with Crippen LogP contribution in [0.4, 0.5) is 11.7 Å². The van der Waals surface area contributed by atoms with Gasteiger partial charge in [-0.1, -0.05) is 13.8 Å². The fourth-order valence-electron chi connectivity index (χ4n) is 1.55. The van der Waals surface area contributed by atoms with Gasteiger partial charge in [-0.3, -0.25) is 4.79 Å². The van der Waals surface area contributed by atoms with E-state index in [4.69, 9.17) is 10.2 Å². The molecule has 0 aliphatic heterocycles. The van der Waals surface area contributed by atoms with Gasteiger partial charge in [-0.2, -0.15) is 4.98 Å². The summed E-state index contributed by atoms with van der Waals surface area (Å²) in [7, 11) is 0. The SMILES string of the molecule is CC(C)CNC(=O)CNc1nc2ccc(N)cc2o1. The Bertz CT molecular complexity index is 577. The summed E-state index contributed by atoms with van der Waals surface area (Å²) in [6.07, 6.45) is 0. The molecule has 1 amide bonds. The average Bonchev–Trinajstić information content (AvgIpc) is 2.75. The third-order valence-corrected chi connectivity index (χ3v) is 2.52. The Morgan fingerprint density at radius 2 is 2.26 bits per heavy atom. The van der Waals surface area contributed by atoms with Gasteiger partial charge in [-0.25, -0.2) is 0 Å². The van der Waals surface area contributed by atoms with Crippen molar-refractivity contribution in [2.75, 3.05) is 24.1 Å². The number of hydrogen-bond acceptors (Lipinski definition) is 5. The molecule has 0 atom stereocenters. The predicted octanol–water partition coefficient (Wildman–Crippen LogP) is 1.59. The van der Waals surface area contributed by atoms with Crippen LogP contribution in [-0.4, -0.2) is 24.0 Å². The number of aromatic nitrogens is 1. The van der Waals surface area contributed by atoms with Gasteiger partial charge in [0.05, 0.1) is 6.54 Å². The summed E-state index contributed by atoms with van der Waals surface area (Å²) in [5.41, 5.74) is 7.58. The van der Waals surface area contributed by atoms with Crippen LogP contribution in [0, 0.1) is 5.92 Å². The van der Waals surface area contributed by atoms with Gasteiger partial charge in [0, 0.05) is 18.3 Å². The first kappa shape index (κ1) is 13.2. The molecule has 6 nitrogen and oxygen atoms in total. The van der Waals surface area contributed by atoms with Crippen LogP contribution >= 0.6 is 0 Å². The molecule has 0 saturated carbocycles. The lowest BCUT2D eigenvalue weighted by molar-refractivity contribution is -0.119. The number of anilines is 2. The van der Waals surface area contributed by atoms with Gasteiger partial charge in [0.1, 0.15) is 5.52 Å². The molecule has 19 heavy (non-hydrogen) atoms. The van der Waals surface area contributed by atoms with Crippen molar-refractivity contribution in [2.45, 2.75) is 13.8 Å². The van der Waals surface area contributed by atoms with Gasteiger partial charge in [0.2, 0.25) is 5.91 Å². The van der Waals surface area contributed by atoms with E-state index in [-0.39, 0.29) is 12.5 Å². The Hall–Kier alpha value is -2.24. The molecule has 0 bridgehead atoms. The number of carbonyl (C=O) groups is 1. The molecule has 4 N–H and O–H groups in total. The second-order valence-electron chi connectivity index (χ2n) is 4.80. The number of nitrogens with zero attached hydrogens (tertiary/aromatic N) is 1. The van der Waals surface area contributed by atoms with E-state index in [2.05, 4.69) is 15.6 Å². The second kappa shape index (κ2) is 5.60. The Morgan fingerprint density at radius 1 is 1.47 bits per heavy atom. The number of hydrogen-bond donors (Lipinski definition) is 3. The van der Waals surface area contributed by atoms with Crippen molar-refractivity contribution in [1.29, 1.82) is 0 Å². The first-order chi connectivity index (χ1) is 9.04. The minimum absolute atomic E-state index is 0.0875. The third-order valence-electron chi connectivity index (χ3n) is 2.52. The average molecular weight is 262 g/mol. The lowest BCUT2D eigenvalue weighted by Crippen LogP contribution is -2.32. The summed E-state index contributed by atoms with van der Waals surface area (Å²) >= 11 is 0. The normalized spacial score (nSPS) is 10.9. The van der Waals surface area contributed by atoms with Crippen LogP contribution < -0.4 is 16.4 Å². The van der Waals surface area contributed by atoms with Crippen molar-refractivity contribution in [3.05, 3.63) is 18.2 Å². The van der Waals surface area contributed by atoms with Crippen LogP contribution in [0.15, 0.2) is 22.6 Å². The molecular formula is C13H18N4O2. The molecule has 0 spiro atoms. The highest BCUT2D eigenvalue weighted by Gasteiger charge is 2.07. The number of rotatable bonds is 5. The third kappa shape index (κ3) is 3.61. The van der Waals surface area contributed by atoms with E-state index < -0.39 is 0 Å². The maximum absolute atomic E-state index is 11.5. The molecule has 2 aromatic rings. The van der Waals surface area contributed by atoms with Gasteiger partial charge >= 0.3 is 0 Å². The minimum Gasteiger partial charge on any atom is -0.423 e. The molecule has 0 fully saturated rings. The minimum atomic E-state index is -0.0875. The highest BCUT2D eigenvalue weighted by Crippen LogP contribution is 2.20. The number of oxazole rings is 1. The lowest BCUT2D eigenvalue weighted by atomic mass is 10.2. The molecule has 6 heteroatoms. The summed E-state index contributed by atoms with van der Waals surface area (Å²) in [4.78, 5) is 15.7. The monoisotopic (exact) mass is 262 g/mol. The molecule has 1 heterocycles. The van der Waals surface area contributed by atoms with Crippen LogP contribution in [0.5, 0.6) is 0 Å². The van der Waals surface area contributed by atoms with Crippen molar-refractivity contribution in [3.63, 3.8) is 0 Å². The zero-order valence-electron chi connectivity index (χ0n) is 11.1. The van der Waals surface area contributed by atoms with Crippen LogP contribution in [0.1, 0.15) is 13.8 Å². The van der Waals surface area contributed by atoms with E-state index in [9.17, 15) is 4.79 Å². The number of carbonyl (C=O) groups excluding carboxylic acids is 1.